The second kappa shape index (κ2) is 4.95. The molecule has 4 nitrogen and oxygen atoms in total. The van der Waals surface area contributed by atoms with Gasteiger partial charge in [-0.05, 0) is 23.2 Å². The van der Waals surface area contributed by atoms with Crippen LogP contribution in [0, 0.1) is 17.5 Å². The SMILES string of the molecule is Fc1cc(F)c(F)c(Nc2nc(Cl)nc(Cl)n2)c1. The fourth-order valence-corrected chi connectivity index (χ4v) is 1.51. The molecule has 0 aliphatic heterocycles. The standard InChI is InChI=1S/C9H3Cl2F3N4/c10-7-16-8(11)18-9(17-7)15-5-2-3(12)1-4(13)6(5)14/h1-2H,(H,15,16,17,18). The second-order valence-corrected chi connectivity index (χ2v) is 3.75. The Bertz CT molecular complexity index is 588. The Morgan fingerprint density at radius 2 is 1.56 bits per heavy atom. The van der Waals surface area contributed by atoms with Gasteiger partial charge in [-0.15, -0.1) is 0 Å². The van der Waals surface area contributed by atoms with E-state index in [-0.39, 0.29) is 16.5 Å². The maximum Gasteiger partial charge on any atom is 0.232 e. The number of hydrogen-bond acceptors (Lipinski definition) is 4. The average Bonchev–Trinajstić information content (AvgIpc) is 2.23. The number of rotatable bonds is 2. The molecule has 1 heterocycles. The summed E-state index contributed by atoms with van der Waals surface area (Å²) in [6.07, 6.45) is 0. The number of nitrogens with one attached hydrogen (secondary N) is 1. The first-order chi connectivity index (χ1) is 8.45. The summed E-state index contributed by atoms with van der Waals surface area (Å²) in [5.41, 5.74) is -0.481. The van der Waals surface area contributed by atoms with Gasteiger partial charge in [0.2, 0.25) is 16.5 Å². The fraction of sp³-hybridized carbons (Fsp3) is 0. The van der Waals surface area contributed by atoms with Crippen molar-refractivity contribution in [1.29, 1.82) is 0 Å². The Hall–Kier alpha value is -1.60. The fourth-order valence-electron chi connectivity index (χ4n) is 1.15. The van der Waals surface area contributed by atoms with E-state index < -0.39 is 23.1 Å². The molecule has 0 aliphatic carbocycles. The van der Waals surface area contributed by atoms with Crippen LogP contribution in [0.1, 0.15) is 0 Å². The van der Waals surface area contributed by atoms with Gasteiger partial charge in [0.05, 0.1) is 5.69 Å². The van der Waals surface area contributed by atoms with E-state index in [9.17, 15) is 13.2 Å². The van der Waals surface area contributed by atoms with Gasteiger partial charge in [-0.3, -0.25) is 0 Å². The molecule has 1 aromatic heterocycles. The molecule has 0 atom stereocenters. The molecule has 94 valence electrons. The highest BCUT2D eigenvalue weighted by atomic mass is 35.5. The van der Waals surface area contributed by atoms with Crippen LogP contribution in [0.5, 0.6) is 0 Å². The summed E-state index contributed by atoms with van der Waals surface area (Å²) in [5, 5.41) is 1.77. The van der Waals surface area contributed by atoms with Gasteiger partial charge in [0.15, 0.2) is 11.6 Å². The van der Waals surface area contributed by atoms with E-state index in [0.29, 0.717) is 6.07 Å². The Balaban J connectivity index is 2.39. The van der Waals surface area contributed by atoms with Crippen molar-refractivity contribution in [2.75, 3.05) is 5.32 Å². The van der Waals surface area contributed by atoms with Crippen molar-refractivity contribution in [3.8, 4) is 0 Å². The molecule has 0 radical (unpaired) electrons. The third kappa shape index (κ3) is 2.80. The van der Waals surface area contributed by atoms with Crippen LogP contribution in [-0.4, -0.2) is 15.0 Å². The highest BCUT2D eigenvalue weighted by molar-refractivity contribution is 6.31. The molecule has 9 heteroatoms. The van der Waals surface area contributed by atoms with E-state index in [1.54, 1.807) is 0 Å². The van der Waals surface area contributed by atoms with Crippen LogP contribution in [0.25, 0.3) is 0 Å². The Kier molecular flexibility index (Phi) is 3.53. The molecule has 2 rings (SSSR count). The largest absolute Gasteiger partial charge is 0.321 e. The molecule has 2 aromatic rings. The van der Waals surface area contributed by atoms with Crippen LogP contribution in [0.2, 0.25) is 10.6 Å². The number of halogens is 5. The summed E-state index contributed by atoms with van der Waals surface area (Å²) in [6, 6.07) is 1.15. The molecule has 0 fully saturated rings. The number of aromatic nitrogens is 3. The van der Waals surface area contributed by atoms with Gasteiger partial charge in [-0.2, -0.15) is 15.0 Å². The first-order valence-corrected chi connectivity index (χ1v) is 5.20. The molecule has 0 amide bonds. The lowest BCUT2D eigenvalue weighted by atomic mass is 10.3. The van der Waals surface area contributed by atoms with Crippen molar-refractivity contribution in [3.05, 3.63) is 40.2 Å². The molecule has 18 heavy (non-hydrogen) atoms. The molecule has 0 saturated carbocycles. The van der Waals surface area contributed by atoms with Crippen LogP contribution >= 0.6 is 23.2 Å². The van der Waals surface area contributed by atoms with E-state index in [1.807, 2.05) is 0 Å². The third-order valence-electron chi connectivity index (χ3n) is 1.82. The zero-order valence-electron chi connectivity index (χ0n) is 8.39. The van der Waals surface area contributed by atoms with Crippen molar-refractivity contribution < 1.29 is 13.2 Å². The molecule has 0 saturated heterocycles. The van der Waals surface area contributed by atoms with Crippen LogP contribution in [0.4, 0.5) is 24.8 Å². The second-order valence-electron chi connectivity index (χ2n) is 3.07. The number of nitrogens with zero attached hydrogens (tertiary/aromatic N) is 3. The number of hydrogen-bond donors (Lipinski definition) is 1. The minimum Gasteiger partial charge on any atom is -0.321 e. The molecular formula is C9H3Cl2F3N4. The summed E-state index contributed by atoms with van der Waals surface area (Å²) >= 11 is 11.0. The van der Waals surface area contributed by atoms with E-state index in [2.05, 4.69) is 20.3 Å². The van der Waals surface area contributed by atoms with E-state index in [4.69, 9.17) is 23.2 Å². The number of benzene rings is 1. The average molecular weight is 295 g/mol. The first kappa shape index (κ1) is 12.8. The molecule has 0 spiro atoms. The maximum absolute atomic E-state index is 13.3. The van der Waals surface area contributed by atoms with Crippen molar-refractivity contribution >= 4 is 34.8 Å². The van der Waals surface area contributed by atoms with Crippen molar-refractivity contribution in [1.82, 2.24) is 15.0 Å². The summed E-state index contributed by atoms with van der Waals surface area (Å²) in [4.78, 5) is 10.6. The van der Waals surface area contributed by atoms with Gasteiger partial charge < -0.3 is 5.32 Å². The molecule has 0 bridgehead atoms. The zero-order valence-corrected chi connectivity index (χ0v) is 9.90. The smallest absolute Gasteiger partial charge is 0.232 e. The van der Waals surface area contributed by atoms with Gasteiger partial charge in [-0.25, -0.2) is 13.2 Å². The highest BCUT2D eigenvalue weighted by Gasteiger charge is 2.13. The van der Waals surface area contributed by atoms with Crippen LogP contribution in [0.3, 0.4) is 0 Å². The Morgan fingerprint density at radius 1 is 0.944 bits per heavy atom. The van der Waals surface area contributed by atoms with Crippen LogP contribution in [0.15, 0.2) is 12.1 Å². The minimum atomic E-state index is -1.34. The molecule has 0 aliphatic rings. The van der Waals surface area contributed by atoms with E-state index in [1.165, 1.54) is 0 Å². The lowest BCUT2D eigenvalue weighted by Crippen LogP contribution is -2.03. The predicted molar refractivity (Wildman–Crippen MR) is 59.4 cm³/mol. The summed E-state index contributed by atoms with van der Waals surface area (Å²) < 4.78 is 39.2. The topological polar surface area (TPSA) is 50.7 Å². The lowest BCUT2D eigenvalue weighted by Gasteiger charge is -2.06. The monoisotopic (exact) mass is 294 g/mol. The molecule has 1 N–H and O–H groups in total. The van der Waals surface area contributed by atoms with Crippen molar-refractivity contribution in [2.24, 2.45) is 0 Å². The van der Waals surface area contributed by atoms with Crippen molar-refractivity contribution in [2.45, 2.75) is 0 Å². The Labute approximate surface area is 109 Å². The van der Waals surface area contributed by atoms with Gasteiger partial charge in [-0.1, -0.05) is 0 Å². The maximum atomic E-state index is 13.3. The molecule has 1 aromatic carbocycles. The third-order valence-corrected chi connectivity index (χ3v) is 2.16. The quantitative estimate of drug-likeness (QED) is 0.863. The van der Waals surface area contributed by atoms with Crippen LogP contribution in [-0.2, 0) is 0 Å². The zero-order chi connectivity index (χ0) is 13.3. The molecule has 0 unspecified atom stereocenters. The molecular weight excluding hydrogens is 292 g/mol. The summed E-state index contributed by atoms with van der Waals surface area (Å²) in [6.45, 7) is 0. The minimum absolute atomic E-state index is 0.232. The first-order valence-electron chi connectivity index (χ1n) is 4.44. The van der Waals surface area contributed by atoms with Gasteiger partial charge in [0, 0.05) is 12.1 Å². The van der Waals surface area contributed by atoms with E-state index >= 15 is 0 Å². The number of anilines is 2. The normalized spacial score (nSPS) is 10.5. The Morgan fingerprint density at radius 3 is 2.17 bits per heavy atom. The van der Waals surface area contributed by atoms with Gasteiger partial charge in [0.1, 0.15) is 5.82 Å². The summed E-state index contributed by atoms with van der Waals surface area (Å²) in [7, 11) is 0. The van der Waals surface area contributed by atoms with Crippen LogP contribution < -0.4 is 5.32 Å². The predicted octanol–water partition coefficient (Wildman–Crippen LogP) is 3.34. The van der Waals surface area contributed by atoms with Gasteiger partial charge >= 0.3 is 0 Å². The highest BCUT2D eigenvalue weighted by Crippen LogP contribution is 2.22. The van der Waals surface area contributed by atoms with Gasteiger partial charge in [0.25, 0.3) is 0 Å². The van der Waals surface area contributed by atoms with Crippen molar-refractivity contribution in [3.63, 3.8) is 0 Å². The lowest BCUT2D eigenvalue weighted by molar-refractivity contribution is 0.498. The summed E-state index contributed by atoms with van der Waals surface area (Å²) in [5.74, 6) is -3.81. The van der Waals surface area contributed by atoms with E-state index in [0.717, 1.165) is 6.07 Å².